The molecule has 0 aliphatic rings. The van der Waals surface area contributed by atoms with E-state index in [0.717, 1.165) is 27.1 Å². The summed E-state index contributed by atoms with van der Waals surface area (Å²) < 4.78 is 1.86. The van der Waals surface area contributed by atoms with Crippen molar-refractivity contribution in [1.82, 2.24) is 19.8 Å². The molecule has 4 rings (SSSR count). The van der Waals surface area contributed by atoms with Gasteiger partial charge in [-0.1, -0.05) is 59.4 Å². The summed E-state index contributed by atoms with van der Waals surface area (Å²) in [6, 6.07) is 18.7. The largest absolute Gasteiger partial charge is 0.235 e. The van der Waals surface area contributed by atoms with Gasteiger partial charge in [0.2, 0.25) is 4.96 Å². The molecule has 0 amide bonds. The highest BCUT2D eigenvalue weighted by Gasteiger charge is 2.13. The summed E-state index contributed by atoms with van der Waals surface area (Å²) in [5.74, 6) is 1.63. The monoisotopic (exact) mass is 338 g/mol. The number of benzene rings is 2. The van der Waals surface area contributed by atoms with Gasteiger partial charge in [0.1, 0.15) is 5.01 Å². The average molecular weight is 338 g/mol. The highest BCUT2D eigenvalue weighted by molar-refractivity contribution is 7.98. The zero-order chi connectivity index (χ0) is 15.6. The quantitative estimate of drug-likeness (QED) is 0.516. The highest BCUT2D eigenvalue weighted by atomic mass is 32.2. The summed E-state index contributed by atoms with van der Waals surface area (Å²) in [5, 5.41) is 14.2. The van der Waals surface area contributed by atoms with Gasteiger partial charge in [0, 0.05) is 10.5 Å². The van der Waals surface area contributed by atoms with Crippen molar-refractivity contribution in [2.75, 3.05) is 0 Å². The van der Waals surface area contributed by atoms with Crippen molar-refractivity contribution >= 4 is 28.1 Å². The van der Waals surface area contributed by atoms with Gasteiger partial charge in [0.25, 0.3) is 0 Å². The van der Waals surface area contributed by atoms with Crippen LogP contribution in [-0.2, 0) is 5.75 Å². The zero-order valence-corrected chi connectivity index (χ0v) is 14.1. The van der Waals surface area contributed by atoms with Gasteiger partial charge in [-0.05, 0) is 19.1 Å². The van der Waals surface area contributed by atoms with Crippen molar-refractivity contribution in [3.63, 3.8) is 0 Å². The van der Waals surface area contributed by atoms with Crippen molar-refractivity contribution in [3.8, 4) is 10.6 Å². The van der Waals surface area contributed by atoms with Crippen LogP contribution in [0, 0.1) is 6.92 Å². The predicted octanol–water partition coefficient (Wildman–Crippen LogP) is 4.45. The third-order valence-corrected chi connectivity index (χ3v) is 5.42. The van der Waals surface area contributed by atoms with E-state index in [0.29, 0.717) is 0 Å². The summed E-state index contributed by atoms with van der Waals surface area (Å²) in [4.78, 5) is 2.06. The van der Waals surface area contributed by atoms with E-state index in [1.807, 2.05) is 22.7 Å². The minimum atomic E-state index is 0.752. The van der Waals surface area contributed by atoms with Crippen molar-refractivity contribution in [2.45, 2.75) is 17.6 Å². The summed E-state index contributed by atoms with van der Waals surface area (Å²) in [6.45, 7) is 2.08. The molecule has 2 aromatic heterocycles. The SMILES string of the molecule is Cc1ccc(-c2nn3c(CSc4ccccc4)nnc3s2)cc1. The fourth-order valence-electron chi connectivity index (χ4n) is 2.22. The second-order valence-electron chi connectivity index (χ2n) is 5.19. The Bertz CT molecular complexity index is 926. The molecule has 0 radical (unpaired) electrons. The molecule has 0 aliphatic carbocycles. The molecule has 0 aliphatic heterocycles. The zero-order valence-electron chi connectivity index (χ0n) is 12.5. The maximum Gasteiger partial charge on any atom is 0.235 e. The highest BCUT2D eigenvalue weighted by Crippen LogP contribution is 2.27. The Morgan fingerprint density at radius 1 is 1.00 bits per heavy atom. The molecule has 114 valence electrons. The number of hydrogen-bond acceptors (Lipinski definition) is 5. The molecule has 2 aromatic carbocycles. The van der Waals surface area contributed by atoms with E-state index in [4.69, 9.17) is 0 Å². The molecule has 0 saturated heterocycles. The van der Waals surface area contributed by atoms with Crippen LogP contribution >= 0.6 is 23.1 Å². The molecule has 0 fully saturated rings. The Balaban J connectivity index is 1.60. The first-order valence-electron chi connectivity index (χ1n) is 7.25. The Morgan fingerprint density at radius 2 is 1.78 bits per heavy atom. The van der Waals surface area contributed by atoms with Gasteiger partial charge in [-0.15, -0.1) is 22.0 Å². The molecule has 4 nitrogen and oxygen atoms in total. The van der Waals surface area contributed by atoms with Crippen LogP contribution < -0.4 is 0 Å². The fraction of sp³-hybridized carbons (Fsp3) is 0.118. The van der Waals surface area contributed by atoms with Gasteiger partial charge in [-0.3, -0.25) is 0 Å². The summed E-state index contributed by atoms with van der Waals surface area (Å²) in [5.41, 5.74) is 2.37. The first kappa shape index (κ1) is 14.4. The molecular weight excluding hydrogens is 324 g/mol. The Morgan fingerprint density at radius 3 is 2.57 bits per heavy atom. The van der Waals surface area contributed by atoms with Crippen LogP contribution in [0.5, 0.6) is 0 Å². The first-order valence-corrected chi connectivity index (χ1v) is 9.06. The molecule has 2 heterocycles. The van der Waals surface area contributed by atoms with Gasteiger partial charge in [-0.25, -0.2) is 0 Å². The molecule has 0 saturated carbocycles. The van der Waals surface area contributed by atoms with Crippen LogP contribution in [0.1, 0.15) is 11.4 Å². The maximum atomic E-state index is 4.68. The first-order chi connectivity index (χ1) is 11.3. The average Bonchev–Trinajstić information content (AvgIpc) is 3.15. The number of aromatic nitrogens is 4. The van der Waals surface area contributed by atoms with Gasteiger partial charge in [0.05, 0.1) is 5.75 Å². The van der Waals surface area contributed by atoms with Crippen LogP contribution in [0.3, 0.4) is 0 Å². The third kappa shape index (κ3) is 3.00. The second-order valence-corrected chi connectivity index (χ2v) is 7.19. The molecule has 4 aromatic rings. The van der Waals surface area contributed by atoms with Crippen molar-refractivity contribution in [2.24, 2.45) is 0 Å². The Kier molecular flexibility index (Phi) is 3.85. The Labute approximate surface area is 142 Å². The van der Waals surface area contributed by atoms with Crippen LogP contribution in [0.4, 0.5) is 0 Å². The fourth-order valence-corrected chi connectivity index (χ4v) is 3.91. The van der Waals surface area contributed by atoms with Crippen molar-refractivity contribution < 1.29 is 0 Å². The van der Waals surface area contributed by atoms with E-state index < -0.39 is 0 Å². The predicted molar refractivity (Wildman–Crippen MR) is 94.8 cm³/mol. The molecular formula is C17H14N4S2. The lowest BCUT2D eigenvalue weighted by Crippen LogP contribution is -1.94. The molecule has 0 atom stereocenters. The third-order valence-electron chi connectivity index (χ3n) is 3.47. The minimum Gasteiger partial charge on any atom is -0.186 e. The number of thioether (sulfide) groups is 1. The van der Waals surface area contributed by atoms with E-state index in [9.17, 15) is 0 Å². The summed E-state index contributed by atoms with van der Waals surface area (Å²) in [6.07, 6.45) is 0. The topological polar surface area (TPSA) is 43.1 Å². The van der Waals surface area contributed by atoms with E-state index in [-0.39, 0.29) is 0 Å². The van der Waals surface area contributed by atoms with E-state index in [2.05, 4.69) is 58.6 Å². The molecule has 0 bridgehead atoms. The lowest BCUT2D eigenvalue weighted by molar-refractivity contribution is 0.887. The number of hydrogen-bond donors (Lipinski definition) is 0. The minimum absolute atomic E-state index is 0.752. The number of fused-ring (bicyclic) bond motifs is 1. The van der Waals surface area contributed by atoms with Gasteiger partial charge >= 0.3 is 0 Å². The smallest absolute Gasteiger partial charge is 0.186 e. The number of aryl methyl sites for hydroxylation is 1. The molecule has 0 unspecified atom stereocenters. The summed E-state index contributed by atoms with van der Waals surface area (Å²) in [7, 11) is 0. The van der Waals surface area contributed by atoms with Crippen molar-refractivity contribution in [1.29, 1.82) is 0 Å². The maximum absolute atomic E-state index is 4.68. The van der Waals surface area contributed by atoms with Crippen LogP contribution in [0.15, 0.2) is 59.5 Å². The standard InChI is InChI=1S/C17H14N4S2/c1-12-7-9-13(10-8-12)16-20-21-15(18-19-17(21)23-16)11-22-14-5-3-2-4-6-14/h2-10H,11H2,1H3. The molecule has 0 N–H and O–H groups in total. The van der Waals surface area contributed by atoms with E-state index in [1.165, 1.54) is 10.5 Å². The number of nitrogens with zero attached hydrogens (tertiary/aromatic N) is 4. The molecule has 6 heteroatoms. The lowest BCUT2D eigenvalue weighted by Gasteiger charge is -1.99. The van der Waals surface area contributed by atoms with Crippen LogP contribution in [0.2, 0.25) is 0 Å². The van der Waals surface area contributed by atoms with Crippen molar-refractivity contribution in [3.05, 3.63) is 66.0 Å². The lowest BCUT2D eigenvalue weighted by atomic mass is 10.2. The second kappa shape index (κ2) is 6.14. The van der Waals surface area contributed by atoms with Gasteiger partial charge in [-0.2, -0.15) is 9.61 Å². The normalized spacial score (nSPS) is 11.2. The van der Waals surface area contributed by atoms with Crippen LogP contribution in [-0.4, -0.2) is 19.8 Å². The Hall–Kier alpha value is -2.18. The van der Waals surface area contributed by atoms with E-state index >= 15 is 0 Å². The number of rotatable bonds is 4. The van der Waals surface area contributed by atoms with Gasteiger partial charge in [0.15, 0.2) is 5.82 Å². The summed E-state index contributed by atoms with van der Waals surface area (Å²) >= 11 is 3.31. The van der Waals surface area contributed by atoms with E-state index in [1.54, 1.807) is 23.1 Å². The molecule has 23 heavy (non-hydrogen) atoms. The van der Waals surface area contributed by atoms with Crippen LogP contribution in [0.25, 0.3) is 15.5 Å². The molecule has 0 spiro atoms. The van der Waals surface area contributed by atoms with Gasteiger partial charge < -0.3 is 0 Å².